The average Bonchev–Trinajstić information content (AvgIpc) is 2.25. The van der Waals surface area contributed by atoms with Gasteiger partial charge in [-0.15, -0.1) is 6.58 Å². The third-order valence-electron chi connectivity index (χ3n) is 2.55. The van der Waals surface area contributed by atoms with E-state index in [-0.39, 0.29) is 17.2 Å². The molecule has 0 saturated heterocycles. The summed E-state index contributed by atoms with van der Waals surface area (Å²) in [6.45, 7) is 5.74. The van der Waals surface area contributed by atoms with Crippen LogP contribution in [0.25, 0.3) is 0 Å². The average molecular weight is 220 g/mol. The number of carboxylic acids is 1. The van der Waals surface area contributed by atoms with Crippen molar-refractivity contribution in [3.05, 3.63) is 42.0 Å². The molecule has 1 unspecified atom stereocenters. The van der Waals surface area contributed by atoms with Crippen LogP contribution in [0, 0.1) is 0 Å². The Hall–Kier alpha value is -1.77. The Balaban J connectivity index is 3.21. The molecular weight excluding hydrogens is 204 g/mol. The largest absolute Gasteiger partial charge is 0.508 e. The maximum absolute atomic E-state index is 11.0. The van der Waals surface area contributed by atoms with Gasteiger partial charge in [0.15, 0.2) is 0 Å². The predicted octanol–water partition coefficient (Wildman–Crippen LogP) is 3.16. The number of allylic oxidation sites excluding steroid dienone is 1. The van der Waals surface area contributed by atoms with Crippen LogP contribution in [-0.4, -0.2) is 16.2 Å². The zero-order valence-electron chi connectivity index (χ0n) is 9.31. The zero-order chi connectivity index (χ0) is 12.1. The molecule has 1 atom stereocenters. The van der Waals surface area contributed by atoms with Crippen molar-refractivity contribution >= 4 is 5.97 Å². The monoisotopic (exact) mass is 220 g/mol. The number of carboxylic acid groups (broad SMARTS) is 1. The number of phenols is 1. The molecule has 0 radical (unpaired) electrons. The molecule has 0 amide bonds. The number of rotatable bonds is 5. The molecule has 16 heavy (non-hydrogen) atoms. The second-order valence-corrected chi connectivity index (χ2v) is 3.71. The Morgan fingerprint density at radius 3 is 2.75 bits per heavy atom. The highest BCUT2D eigenvalue weighted by Gasteiger charge is 2.16. The molecule has 0 aliphatic carbocycles. The van der Waals surface area contributed by atoms with Crippen molar-refractivity contribution in [3.63, 3.8) is 0 Å². The van der Waals surface area contributed by atoms with Gasteiger partial charge in [-0.25, -0.2) is 4.79 Å². The first-order chi connectivity index (χ1) is 7.60. The number of aromatic hydroxyl groups is 1. The highest BCUT2D eigenvalue weighted by Crippen LogP contribution is 2.28. The molecule has 0 aromatic heterocycles. The van der Waals surface area contributed by atoms with E-state index in [1.807, 2.05) is 6.92 Å². The van der Waals surface area contributed by atoms with Gasteiger partial charge in [-0.1, -0.05) is 19.4 Å². The van der Waals surface area contributed by atoms with Crippen LogP contribution in [0.3, 0.4) is 0 Å². The van der Waals surface area contributed by atoms with Crippen LogP contribution in [0.4, 0.5) is 0 Å². The summed E-state index contributed by atoms with van der Waals surface area (Å²) in [5.41, 5.74) is 0.862. The minimum Gasteiger partial charge on any atom is -0.508 e. The van der Waals surface area contributed by atoms with Crippen molar-refractivity contribution in [2.24, 2.45) is 0 Å². The van der Waals surface area contributed by atoms with Crippen LogP contribution < -0.4 is 0 Å². The lowest BCUT2D eigenvalue weighted by atomic mass is 9.90. The van der Waals surface area contributed by atoms with Crippen LogP contribution in [0.1, 0.15) is 41.6 Å². The van der Waals surface area contributed by atoms with E-state index in [0.29, 0.717) is 5.56 Å². The summed E-state index contributed by atoms with van der Waals surface area (Å²) < 4.78 is 0. The summed E-state index contributed by atoms with van der Waals surface area (Å²) in [4.78, 5) is 11.0. The molecule has 0 bridgehead atoms. The van der Waals surface area contributed by atoms with Crippen molar-refractivity contribution < 1.29 is 15.0 Å². The maximum atomic E-state index is 11.0. The molecule has 0 spiro atoms. The summed E-state index contributed by atoms with van der Waals surface area (Å²) in [6, 6.07) is 4.32. The number of carbonyl (C=O) groups is 1. The molecule has 0 aliphatic heterocycles. The zero-order valence-corrected chi connectivity index (χ0v) is 9.31. The smallest absolute Gasteiger partial charge is 0.335 e. The second kappa shape index (κ2) is 5.35. The minimum atomic E-state index is -0.974. The van der Waals surface area contributed by atoms with Gasteiger partial charge in [0, 0.05) is 5.92 Å². The van der Waals surface area contributed by atoms with E-state index in [0.717, 1.165) is 12.8 Å². The van der Waals surface area contributed by atoms with Gasteiger partial charge >= 0.3 is 5.97 Å². The summed E-state index contributed by atoms with van der Waals surface area (Å²) in [5, 5.41) is 18.5. The third-order valence-corrected chi connectivity index (χ3v) is 2.55. The molecule has 1 aromatic carbocycles. The molecular formula is C13H16O3. The fourth-order valence-electron chi connectivity index (χ4n) is 1.76. The van der Waals surface area contributed by atoms with Crippen LogP contribution in [0.2, 0.25) is 0 Å². The highest BCUT2D eigenvalue weighted by atomic mass is 16.4. The van der Waals surface area contributed by atoms with E-state index < -0.39 is 5.97 Å². The molecule has 1 aromatic rings. The molecule has 86 valence electrons. The standard InChI is InChI=1S/C13H16O3/c1-3-5-9(4-2)12-8-10(14)6-7-11(12)13(15)16/h4,6-9,14H,2-3,5H2,1H3,(H,15,16). The van der Waals surface area contributed by atoms with Crippen LogP contribution in [-0.2, 0) is 0 Å². The number of hydrogen-bond acceptors (Lipinski definition) is 2. The van der Waals surface area contributed by atoms with Crippen molar-refractivity contribution in [1.82, 2.24) is 0 Å². The van der Waals surface area contributed by atoms with Gasteiger partial charge in [-0.3, -0.25) is 0 Å². The first-order valence-electron chi connectivity index (χ1n) is 5.28. The number of benzene rings is 1. The Kier molecular flexibility index (Phi) is 4.11. The lowest BCUT2D eigenvalue weighted by Gasteiger charge is -2.14. The van der Waals surface area contributed by atoms with E-state index >= 15 is 0 Å². The number of aromatic carboxylic acids is 1. The molecule has 0 fully saturated rings. The van der Waals surface area contributed by atoms with E-state index in [1.54, 1.807) is 6.08 Å². The minimum absolute atomic E-state index is 0.0248. The first-order valence-corrected chi connectivity index (χ1v) is 5.28. The summed E-state index contributed by atoms with van der Waals surface area (Å²) in [7, 11) is 0. The van der Waals surface area contributed by atoms with Crippen molar-refractivity contribution in [1.29, 1.82) is 0 Å². The van der Waals surface area contributed by atoms with Gasteiger partial charge in [-0.05, 0) is 30.2 Å². The van der Waals surface area contributed by atoms with E-state index in [1.165, 1.54) is 18.2 Å². The molecule has 3 heteroatoms. The van der Waals surface area contributed by atoms with Crippen LogP contribution >= 0.6 is 0 Å². The Morgan fingerprint density at radius 1 is 1.56 bits per heavy atom. The molecule has 0 saturated carbocycles. The normalized spacial score (nSPS) is 12.1. The van der Waals surface area contributed by atoms with Gasteiger partial charge in [0.1, 0.15) is 5.75 Å². The van der Waals surface area contributed by atoms with E-state index in [4.69, 9.17) is 5.11 Å². The molecule has 3 nitrogen and oxygen atoms in total. The predicted molar refractivity (Wildman–Crippen MR) is 62.9 cm³/mol. The number of hydrogen-bond donors (Lipinski definition) is 2. The number of phenolic OH excluding ortho intramolecular Hbond substituents is 1. The van der Waals surface area contributed by atoms with E-state index in [2.05, 4.69) is 6.58 Å². The Bertz CT molecular complexity index is 396. The molecule has 2 N–H and O–H groups in total. The Morgan fingerprint density at radius 2 is 2.25 bits per heavy atom. The van der Waals surface area contributed by atoms with Crippen molar-refractivity contribution in [3.8, 4) is 5.75 Å². The van der Waals surface area contributed by atoms with Gasteiger partial charge in [0.2, 0.25) is 0 Å². The van der Waals surface area contributed by atoms with Crippen molar-refractivity contribution in [2.45, 2.75) is 25.7 Å². The van der Waals surface area contributed by atoms with Crippen molar-refractivity contribution in [2.75, 3.05) is 0 Å². The lowest BCUT2D eigenvalue weighted by molar-refractivity contribution is 0.0695. The highest BCUT2D eigenvalue weighted by molar-refractivity contribution is 5.90. The van der Waals surface area contributed by atoms with E-state index in [9.17, 15) is 9.90 Å². The molecule has 1 rings (SSSR count). The second-order valence-electron chi connectivity index (χ2n) is 3.71. The van der Waals surface area contributed by atoms with Gasteiger partial charge < -0.3 is 10.2 Å². The van der Waals surface area contributed by atoms with Gasteiger partial charge in [0.05, 0.1) is 5.56 Å². The van der Waals surface area contributed by atoms with Crippen LogP contribution in [0.15, 0.2) is 30.9 Å². The quantitative estimate of drug-likeness (QED) is 0.749. The molecule has 0 heterocycles. The summed E-state index contributed by atoms with van der Waals surface area (Å²) in [5.74, 6) is -0.913. The van der Waals surface area contributed by atoms with Gasteiger partial charge in [-0.2, -0.15) is 0 Å². The topological polar surface area (TPSA) is 57.5 Å². The Labute approximate surface area is 95.0 Å². The third kappa shape index (κ3) is 2.63. The fourth-order valence-corrected chi connectivity index (χ4v) is 1.76. The fraction of sp³-hybridized carbons (Fsp3) is 0.308. The first kappa shape index (κ1) is 12.3. The van der Waals surface area contributed by atoms with Gasteiger partial charge in [0.25, 0.3) is 0 Å². The maximum Gasteiger partial charge on any atom is 0.335 e. The lowest BCUT2D eigenvalue weighted by Crippen LogP contribution is -2.05. The SMILES string of the molecule is C=CC(CCC)c1cc(O)ccc1C(=O)O. The summed E-state index contributed by atoms with van der Waals surface area (Å²) >= 11 is 0. The summed E-state index contributed by atoms with van der Waals surface area (Å²) in [6.07, 6.45) is 3.49. The van der Waals surface area contributed by atoms with Crippen LogP contribution in [0.5, 0.6) is 5.75 Å². The molecule has 0 aliphatic rings.